The van der Waals surface area contributed by atoms with E-state index < -0.39 is 12.1 Å². The Morgan fingerprint density at radius 2 is 2.00 bits per heavy atom. The lowest BCUT2D eigenvalue weighted by atomic mass is 10.4. The molecule has 0 amide bonds. The number of aliphatic hydroxyl groups is 1. The minimum atomic E-state index is -1.24. The van der Waals surface area contributed by atoms with Crippen molar-refractivity contribution >= 4 is 5.97 Å². The summed E-state index contributed by atoms with van der Waals surface area (Å²) >= 11 is 0. The van der Waals surface area contributed by atoms with Crippen LogP contribution in [0.15, 0.2) is 0 Å². The van der Waals surface area contributed by atoms with Crippen LogP contribution in [0.2, 0.25) is 0 Å². The van der Waals surface area contributed by atoms with E-state index in [1.807, 2.05) is 0 Å². The molecule has 0 bridgehead atoms. The third-order valence-electron chi connectivity index (χ3n) is 1.40. The Morgan fingerprint density at radius 1 is 1.36 bits per heavy atom. The fourth-order valence-corrected chi connectivity index (χ4v) is 0.638. The average Bonchev–Trinajstić information content (AvgIpc) is 2.21. The molecule has 0 fully saturated rings. The molecule has 0 rings (SSSR count). The zero-order valence-electron chi connectivity index (χ0n) is 8.27. The molecule has 0 aromatic rings. The Kier molecular flexibility index (Phi) is 8.45. The predicted octanol–water partition coefficient (Wildman–Crippen LogP) is -1.49. The summed E-state index contributed by atoms with van der Waals surface area (Å²) in [6.45, 7) is 1.21. The lowest BCUT2D eigenvalue weighted by molar-refractivity contribution is -0.154. The first kappa shape index (κ1) is 13.3. The van der Waals surface area contributed by atoms with Crippen molar-refractivity contribution in [1.29, 1.82) is 0 Å². The zero-order valence-corrected chi connectivity index (χ0v) is 8.27. The number of esters is 1. The molecule has 6 nitrogen and oxygen atoms in total. The van der Waals surface area contributed by atoms with Gasteiger partial charge in [-0.2, -0.15) is 0 Å². The van der Waals surface area contributed by atoms with Gasteiger partial charge in [-0.1, -0.05) is 0 Å². The van der Waals surface area contributed by atoms with Crippen LogP contribution in [0, 0.1) is 0 Å². The van der Waals surface area contributed by atoms with Crippen molar-refractivity contribution in [2.24, 2.45) is 5.73 Å². The van der Waals surface area contributed by atoms with Gasteiger partial charge in [0.25, 0.3) is 0 Å². The molecular formula is C8H17NO5. The van der Waals surface area contributed by atoms with Crippen LogP contribution in [0.25, 0.3) is 0 Å². The van der Waals surface area contributed by atoms with Gasteiger partial charge in [-0.3, -0.25) is 0 Å². The lowest BCUT2D eigenvalue weighted by Crippen LogP contribution is -2.31. The van der Waals surface area contributed by atoms with Gasteiger partial charge in [0.1, 0.15) is 6.61 Å². The summed E-state index contributed by atoms with van der Waals surface area (Å²) in [4.78, 5) is 10.8. The summed E-state index contributed by atoms with van der Waals surface area (Å²) in [5, 5.41) is 8.91. The highest BCUT2D eigenvalue weighted by Gasteiger charge is 2.13. The van der Waals surface area contributed by atoms with Crippen LogP contribution < -0.4 is 5.73 Å². The van der Waals surface area contributed by atoms with Crippen molar-refractivity contribution in [3.63, 3.8) is 0 Å². The van der Waals surface area contributed by atoms with E-state index in [4.69, 9.17) is 20.3 Å². The van der Waals surface area contributed by atoms with Gasteiger partial charge in [-0.05, 0) is 0 Å². The van der Waals surface area contributed by atoms with Gasteiger partial charge in [0.15, 0.2) is 6.10 Å². The highest BCUT2D eigenvalue weighted by Crippen LogP contribution is 1.86. The first-order chi connectivity index (χ1) is 6.72. The smallest absolute Gasteiger partial charge is 0.336 e. The second kappa shape index (κ2) is 8.89. The highest BCUT2D eigenvalue weighted by molar-refractivity contribution is 5.74. The van der Waals surface area contributed by atoms with E-state index in [1.165, 1.54) is 0 Å². The molecule has 1 unspecified atom stereocenters. The molecule has 0 aliphatic rings. The van der Waals surface area contributed by atoms with Crippen LogP contribution >= 0.6 is 0 Å². The molecule has 6 heteroatoms. The van der Waals surface area contributed by atoms with Crippen molar-refractivity contribution in [3.05, 3.63) is 0 Å². The summed E-state index contributed by atoms with van der Waals surface area (Å²) in [7, 11) is 1.57. The Hall–Kier alpha value is -0.690. The lowest BCUT2D eigenvalue weighted by Gasteiger charge is -2.08. The number of rotatable bonds is 8. The van der Waals surface area contributed by atoms with E-state index in [2.05, 4.69) is 4.74 Å². The highest BCUT2D eigenvalue weighted by atomic mass is 16.6. The van der Waals surface area contributed by atoms with Gasteiger partial charge >= 0.3 is 5.97 Å². The molecule has 3 N–H and O–H groups in total. The van der Waals surface area contributed by atoms with E-state index in [9.17, 15) is 4.79 Å². The molecule has 0 saturated heterocycles. The average molecular weight is 207 g/mol. The number of aliphatic hydroxyl groups excluding tert-OH is 1. The summed E-state index contributed by atoms with van der Waals surface area (Å²) < 4.78 is 14.4. The normalized spacial score (nSPS) is 12.5. The molecule has 0 spiro atoms. The molecule has 0 aromatic heterocycles. The monoisotopic (exact) mass is 207 g/mol. The van der Waals surface area contributed by atoms with Crippen LogP contribution in [-0.2, 0) is 19.0 Å². The van der Waals surface area contributed by atoms with Crippen molar-refractivity contribution in [3.8, 4) is 0 Å². The zero-order chi connectivity index (χ0) is 10.8. The van der Waals surface area contributed by atoms with E-state index in [0.717, 1.165) is 0 Å². The summed E-state index contributed by atoms with van der Waals surface area (Å²) in [5.74, 6) is -0.720. The van der Waals surface area contributed by atoms with Crippen molar-refractivity contribution in [2.75, 3.05) is 40.1 Å². The van der Waals surface area contributed by atoms with Gasteiger partial charge in [0.2, 0.25) is 0 Å². The fourth-order valence-electron chi connectivity index (χ4n) is 0.638. The van der Waals surface area contributed by atoms with Gasteiger partial charge < -0.3 is 25.1 Å². The minimum absolute atomic E-state index is 0.111. The third-order valence-corrected chi connectivity index (χ3v) is 1.40. The van der Waals surface area contributed by atoms with Crippen molar-refractivity contribution in [1.82, 2.24) is 0 Å². The first-order valence-corrected chi connectivity index (χ1v) is 4.33. The SMILES string of the molecule is COCCOCCOC(=O)C(O)CN. The predicted molar refractivity (Wildman–Crippen MR) is 48.7 cm³/mol. The number of ether oxygens (including phenoxy) is 3. The molecular weight excluding hydrogens is 190 g/mol. The Bertz CT molecular complexity index is 153. The summed E-state index contributed by atoms with van der Waals surface area (Å²) in [5.41, 5.74) is 5.04. The third kappa shape index (κ3) is 6.79. The number of hydrogen-bond donors (Lipinski definition) is 2. The number of carbonyl (C=O) groups is 1. The maximum Gasteiger partial charge on any atom is 0.336 e. The van der Waals surface area contributed by atoms with Crippen molar-refractivity contribution in [2.45, 2.75) is 6.10 Å². The molecule has 14 heavy (non-hydrogen) atoms. The molecule has 0 radical (unpaired) electrons. The van der Waals surface area contributed by atoms with E-state index in [1.54, 1.807) is 7.11 Å². The summed E-state index contributed by atoms with van der Waals surface area (Å²) in [6, 6.07) is 0. The standard InChI is InChI=1S/C8H17NO5/c1-12-2-3-13-4-5-14-8(11)7(10)6-9/h7,10H,2-6,9H2,1H3. The van der Waals surface area contributed by atoms with Crippen LogP contribution in [-0.4, -0.2) is 57.3 Å². The van der Waals surface area contributed by atoms with Gasteiger partial charge in [0, 0.05) is 13.7 Å². The molecule has 0 saturated carbocycles. The first-order valence-electron chi connectivity index (χ1n) is 4.33. The number of hydrogen-bond acceptors (Lipinski definition) is 6. The molecule has 1 atom stereocenters. The second-order valence-electron chi connectivity index (χ2n) is 2.52. The van der Waals surface area contributed by atoms with Gasteiger partial charge in [-0.25, -0.2) is 4.79 Å². The van der Waals surface area contributed by atoms with Crippen LogP contribution in [0.5, 0.6) is 0 Å². The van der Waals surface area contributed by atoms with Crippen LogP contribution in [0.4, 0.5) is 0 Å². The molecule has 0 heterocycles. The molecule has 0 aliphatic heterocycles. The Balaban J connectivity index is 3.23. The quantitative estimate of drug-likeness (QED) is 0.372. The van der Waals surface area contributed by atoms with Crippen LogP contribution in [0.3, 0.4) is 0 Å². The van der Waals surface area contributed by atoms with E-state index in [0.29, 0.717) is 13.2 Å². The maximum atomic E-state index is 10.8. The molecule has 84 valence electrons. The van der Waals surface area contributed by atoms with Crippen LogP contribution in [0.1, 0.15) is 0 Å². The summed E-state index contributed by atoms with van der Waals surface area (Å²) in [6.07, 6.45) is -1.24. The van der Waals surface area contributed by atoms with E-state index >= 15 is 0 Å². The van der Waals surface area contributed by atoms with E-state index in [-0.39, 0.29) is 19.8 Å². The number of carbonyl (C=O) groups excluding carboxylic acids is 1. The molecule has 0 aromatic carbocycles. The second-order valence-corrected chi connectivity index (χ2v) is 2.52. The fraction of sp³-hybridized carbons (Fsp3) is 0.875. The Morgan fingerprint density at radius 3 is 2.57 bits per heavy atom. The maximum absolute atomic E-state index is 10.8. The van der Waals surface area contributed by atoms with Gasteiger partial charge in [-0.15, -0.1) is 0 Å². The Labute approximate surface area is 82.9 Å². The largest absolute Gasteiger partial charge is 0.461 e. The topological polar surface area (TPSA) is 91.0 Å². The number of methoxy groups -OCH3 is 1. The van der Waals surface area contributed by atoms with Crippen molar-refractivity contribution < 1.29 is 24.1 Å². The minimum Gasteiger partial charge on any atom is -0.461 e. The molecule has 0 aliphatic carbocycles. The number of nitrogens with two attached hydrogens (primary N) is 1. The van der Waals surface area contributed by atoms with Gasteiger partial charge in [0.05, 0.1) is 19.8 Å².